The SMILES string of the molecule is NC(=O)CN(CC(N)=O)C(=O)c1ccccc1I. The van der Waals surface area contributed by atoms with Crippen LogP contribution in [0.2, 0.25) is 0 Å². The molecule has 0 aliphatic carbocycles. The summed E-state index contributed by atoms with van der Waals surface area (Å²) in [5, 5.41) is 0. The number of halogens is 1. The lowest BCUT2D eigenvalue weighted by Crippen LogP contribution is -2.43. The third-order valence-corrected chi connectivity index (χ3v) is 3.03. The van der Waals surface area contributed by atoms with Crippen molar-refractivity contribution in [1.82, 2.24) is 4.90 Å². The first-order valence-electron chi connectivity index (χ1n) is 5.02. The number of rotatable bonds is 5. The van der Waals surface area contributed by atoms with Crippen molar-refractivity contribution < 1.29 is 14.4 Å². The molecule has 0 saturated carbocycles. The Kier molecular flexibility index (Phi) is 5.08. The van der Waals surface area contributed by atoms with Crippen molar-refractivity contribution in [3.63, 3.8) is 0 Å². The van der Waals surface area contributed by atoms with Gasteiger partial charge in [-0.3, -0.25) is 14.4 Å². The number of carbonyl (C=O) groups is 3. The summed E-state index contributed by atoms with van der Waals surface area (Å²) in [4.78, 5) is 34.9. The van der Waals surface area contributed by atoms with E-state index in [2.05, 4.69) is 0 Å². The highest BCUT2D eigenvalue weighted by molar-refractivity contribution is 14.1. The topological polar surface area (TPSA) is 106 Å². The smallest absolute Gasteiger partial charge is 0.255 e. The summed E-state index contributed by atoms with van der Waals surface area (Å²) in [6, 6.07) is 6.84. The summed E-state index contributed by atoms with van der Waals surface area (Å²) in [5.41, 5.74) is 10.5. The van der Waals surface area contributed by atoms with Crippen LogP contribution in [0.5, 0.6) is 0 Å². The third-order valence-electron chi connectivity index (χ3n) is 2.08. The van der Waals surface area contributed by atoms with Crippen molar-refractivity contribution >= 4 is 40.3 Å². The van der Waals surface area contributed by atoms with Crippen LogP contribution in [0, 0.1) is 3.57 Å². The molecule has 1 rings (SSSR count). The van der Waals surface area contributed by atoms with Gasteiger partial charge >= 0.3 is 0 Å². The lowest BCUT2D eigenvalue weighted by atomic mass is 10.2. The van der Waals surface area contributed by atoms with Gasteiger partial charge in [0.05, 0.1) is 5.56 Å². The highest BCUT2D eigenvalue weighted by atomic mass is 127. The molecule has 0 atom stereocenters. The molecule has 0 unspecified atom stereocenters. The zero-order chi connectivity index (χ0) is 13.7. The van der Waals surface area contributed by atoms with E-state index in [1.807, 2.05) is 22.6 Å². The quantitative estimate of drug-likeness (QED) is 0.704. The van der Waals surface area contributed by atoms with Crippen molar-refractivity contribution in [2.45, 2.75) is 0 Å². The Hall–Kier alpha value is -1.64. The second-order valence-electron chi connectivity index (χ2n) is 3.57. The van der Waals surface area contributed by atoms with E-state index in [0.29, 0.717) is 5.56 Å². The fraction of sp³-hybridized carbons (Fsp3) is 0.182. The van der Waals surface area contributed by atoms with E-state index in [-0.39, 0.29) is 13.1 Å². The maximum Gasteiger partial charge on any atom is 0.255 e. The lowest BCUT2D eigenvalue weighted by molar-refractivity contribution is -0.121. The van der Waals surface area contributed by atoms with Crippen LogP contribution in [0.1, 0.15) is 10.4 Å². The van der Waals surface area contributed by atoms with E-state index in [9.17, 15) is 14.4 Å². The number of benzene rings is 1. The minimum absolute atomic E-state index is 0.341. The number of hydrogen-bond donors (Lipinski definition) is 2. The van der Waals surface area contributed by atoms with Gasteiger partial charge in [0, 0.05) is 3.57 Å². The second kappa shape index (κ2) is 6.34. The molecule has 0 radical (unpaired) electrons. The second-order valence-corrected chi connectivity index (χ2v) is 4.74. The van der Waals surface area contributed by atoms with Crippen molar-refractivity contribution in [2.24, 2.45) is 11.5 Å². The third kappa shape index (κ3) is 3.99. The molecule has 3 amide bonds. The summed E-state index contributed by atoms with van der Waals surface area (Å²) in [5.74, 6) is -1.84. The van der Waals surface area contributed by atoms with E-state index in [0.717, 1.165) is 8.47 Å². The summed E-state index contributed by atoms with van der Waals surface area (Å²) >= 11 is 2.00. The molecule has 0 saturated heterocycles. The predicted octanol–water partition coefficient (Wildman–Crippen LogP) is -0.296. The van der Waals surface area contributed by atoms with Crippen molar-refractivity contribution in [2.75, 3.05) is 13.1 Å². The number of carbonyl (C=O) groups excluding carboxylic acids is 3. The Labute approximate surface area is 117 Å². The van der Waals surface area contributed by atoms with Crippen LogP contribution in [0.3, 0.4) is 0 Å². The molecule has 7 heteroatoms. The maximum atomic E-state index is 12.1. The zero-order valence-corrected chi connectivity index (χ0v) is 11.6. The first-order chi connectivity index (χ1) is 8.41. The van der Waals surface area contributed by atoms with Gasteiger partial charge in [0.1, 0.15) is 13.1 Å². The van der Waals surface area contributed by atoms with Crippen molar-refractivity contribution in [3.05, 3.63) is 33.4 Å². The van der Waals surface area contributed by atoms with Crippen molar-refractivity contribution in [1.29, 1.82) is 0 Å². The van der Waals surface area contributed by atoms with E-state index < -0.39 is 17.7 Å². The lowest BCUT2D eigenvalue weighted by Gasteiger charge is -2.20. The number of amides is 3. The molecule has 0 aliphatic heterocycles. The first-order valence-corrected chi connectivity index (χ1v) is 6.10. The molecular weight excluding hydrogens is 349 g/mol. The number of hydrogen-bond acceptors (Lipinski definition) is 3. The Morgan fingerprint density at radius 2 is 1.56 bits per heavy atom. The Bertz CT molecular complexity index is 474. The van der Waals surface area contributed by atoms with Gasteiger partial charge < -0.3 is 16.4 Å². The molecular formula is C11H12IN3O3. The summed E-state index contributed by atoms with van der Waals surface area (Å²) in [6.45, 7) is -0.681. The minimum Gasteiger partial charge on any atom is -0.368 e. The van der Waals surface area contributed by atoms with Crippen LogP contribution in [-0.4, -0.2) is 35.7 Å². The zero-order valence-electron chi connectivity index (χ0n) is 9.43. The molecule has 0 heterocycles. The molecule has 0 aromatic heterocycles. The normalized spacial score (nSPS) is 9.83. The molecule has 0 bridgehead atoms. The Morgan fingerprint density at radius 3 is 2.00 bits per heavy atom. The molecule has 96 valence electrons. The van der Waals surface area contributed by atoms with E-state index in [1.54, 1.807) is 24.3 Å². The number of nitrogens with two attached hydrogens (primary N) is 2. The monoisotopic (exact) mass is 361 g/mol. The molecule has 18 heavy (non-hydrogen) atoms. The van der Waals surface area contributed by atoms with Gasteiger partial charge in [-0.25, -0.2) is 0 Å². The van der Waals surface area contributed by atoms with Crippen LogP contribution < -0.4 is 11.5 Å². The standard InChI is InChI=1S/C11H12IN3O3/c12-8-4-2-1-3-7(8)11(18)15(5-9(13)16)6-10(14)17/h1-4H,5-6H2,(H2,13,16)(H2,14,17). The predicted molar refractivity (Wildman–Crippen MR) is 73.5 cm³/mol. The average molecular weight is 361 g/mol. The molecule has 6 nitrogen and oxygen atoms in total. The fourth-order valence-corrected chi connectivity index (χ4v) is 2.00. The molecule has 4 N–H and O–H groups in total. The van der Waals surface area contributed by atoms with Gasteiger partial charge in [0.15, 0.2) is 0 Å². The van der Waals surface area contributed by atoms with Gasteiger partial charge in [-0.2, -0.15) is 0 Å². The fourth-order valence-electron chi connectivity index (χ4n) is 1.38. The first kappa shape index (κ1) is 14.4. The molecule has 0 aliphatic rings. The van der Waals surface area contributed by atoms with E-state index in [1.165, 1.54) is 0 Å². The average Bonchev–Trinajstić information content (AvgIpc) is 2.26. The number of nitrogens with zero attached hydrogens (tertiary/aromatic N) is 1. The maximum absolute atomic E-state index is 12.1. The van der Waals surface area contributed by atoms with Crippen LogP contribution in [0.25, 0.3) is 0 Å². The van der Waals surface area contributed by atoms with Crippen LogP contribution in [0.15, 0.2) is 24.3 Å². The molecule has 0 spiro atoms. The highest BCUT2D eigenvalue weighted by Gasteiger charge is 2.20. The van der Waals surface area contributed by atoms with E-state index in [4.69, 9.17) is 11.5 Å². The van der Waals surface area contributed by atoms with Crippen LogP contribution in [0.4, 0.5) is 0 Å². The Morgan fingerprint density at radius 1 is 1.06 bits per heavy atom. The van der Waals surface area contributed by atoms with E-state index >= 15 is 0 Å². The van der Waals surface area contributed by atoms with Gasteiger partial charge in [-0.05, 0) is 34.7 Å². The van der Waals surface area contributed by atoms with Crippen LogP contribution in [-0.2, 0) is 9.59 Å². The summed E-state index contributed by atoms with van der Waals surface area (Å²) < 4.78 is 0.721. The molecule has 0 fully saturated rings. The molecule has 1 aromatic rings. The molecule has 1 aromatic carbocycles. The van der Waals surface area contributed by atoms with Gasteiger partial charge in [0.2, 0.25) is 11.8 Å². The van der Waals surface area contributed by atoms with Gasteiger partial charge in [-0.1, -0.05) is 12.1 Å². The number of primary amides is 2. The highest BCUT2D eigenvalue weighted by Crippen LogP contribution is 2.13. The largest absolute Gasteiger partial charge is 0.368 e. The summed E-state index contributed by atoms with van der Waals surface area (Å²) in [6.07, 6.45) is 0. The van der Waals surface area contributed by atoms with Gasteiger partial charge in [0.25, 0.3) is 5.91 Å². The minimum atomic E-state index is -0.699. The summed E-state index contributed by atoms with van der Waals surface area (Å²) in [7, 11) is 0. The van der Waals surface area contributed by atoms with Crippen molar-refractivity contribution in [3.8, 4) is 0 Å². The van der Waals surface area contributed by atoms with Gasteiger partial charge in [-0.15, -0.1) is 0 Å². The van der Waals surface area contributed by atoms with Crippen LogP contribution >= 0.6 is 22.6 Å². The Balaban J connectivity index is 2.98.